The summed E-state index contributed by atoms with van der Waals surface area (Å²) in [7, 11) is 0. The molecule has 5 heteroatoms. The smallest absolute Gasteiger partial charge is 0.408 e. The average Bonchev–Trinajstić information content (AvgIpc) is 2.87. The largest absolute Gasteiger partial charge is 0.440 e. The number of ether oxygens (including phenoxy) is 1. The Morgan fingerprint density at radius 1 is 1.21 bits per heavy atom. The molecule has 172 valence electrons. The Bertz CT molecular complexity index is 1080. The molecule has 33 heavy (non-hydrogen) atoms. The van der Waals surface area contributed by atoms with Crippen LogP contribution in [-0.4, -0.2) is 23.7 Å². The zero-order valence-electron chi connectivity index (χ0n) is 19.4. The van der Waals surface area contributed by atoms with Crippen molar-refractivity contribution in [3.63, 3.8) is 0 Å². The molecule has 5 nitrogen and oxygen atoms in total. The summed E-state index contributed by atoms with van der Waals surface area (Å²) in [6.07, 6.45) is 4.97. The third kappa shape index (κ3) is 5.25. The minimum atomic E-state index is -0.430. The number of hydrogen-bond acceptors (Lipinski definition) is 4. The average molecular weight is 444 g/mol. The van der Waals surface area contributed by atoms with E-state index in [0.29, 0.717) is 11.8 Å². The van der Waals surface area contributed by atoms with Crippen molar-refractivity contribution in [2.75, 3.05) is 6.54 Å². The quantitative estimate of drug-likeness (QED) is 0.443. The highest BCUT2D eigenvalue weighted by molar-refractivity contribution is 5.82. The molecule has 3 aromatic rings. The van der Waals surface area contributed by atoms with Crippen LogP contribution in [-0.2, 0) is 4.74 Å². The Balaban J connectivity index is 1.61. The summed E-state index contributed by atoms with van der Waals surface area (Å²) in [5.74, 6) is 0.923. The molecule has 5 atom stereocenters. The van der Waals surface area contributed by atoms with Crippen LogP contribution in [0.25, 0.3) is 10.9 Å². The molecule has 1 amide bonds. The van der Waals surface area contributed by atoms with E-state index in [2.05, 4.69) is 29.1 Å². The van der Waals surface area contributed by atoms with Gasteiger partial charge in [-0.2, -0.15) is 0 Å². The van der Waals surface area contributed by atoms with Crippen LogP contribution in [0.3, 0.4) is 0 Å². The van der Waals surface area contributed by atoms with E-state index in [1.807, 2.05) is 73.7 Å². The lowest BCUT2D eigenvalue weighted by Gasteiger charge is -2.39. The monoisotopic (exact) mass is 443 g/mol. The number of carbonyl (C=O) groups is 1. The van der Waals surface area contributed by atoms with Crippen molar-refractivity contribution in [3.8, 4) is 0 Å². The van der Waals surface area contributed by atoms with E-state index >= 15 is 0 Å². The summed E-state index contributed by atoms with van der Waals surface area (Å²) in [6, 6.07) is 19.8. The van der Waals surface area contributed by atoms with Crippen molar-refractivity contribution in [3.05, 3.63) is 90.6 Å². The predicted molar refractivity (Wildman–Crippen MR) is 133 cm³/mol. The van der Waals surface area contributed by atoms with Gasteiger partial charge in [0.1, 0.15) is 6.10 Å². The third-order valence-electron chi connectivity index (χ3n) is 6.83. The highest BCUT2D eigenvalue weighted by Crippen LogP contribution is 2.36. The highest BCUT2D eigenvalue weighted by atomic mass is 16.6. The zero-order valence-corrected chi connectivity index (χ0v) is 19.4. The van der Waals surface area contributed by atoms with Gasteiger partial charge in [0.05, 0.1) is 11.6 Å². The molecule has 0 unspecified atom stereocenters. The van der Waals surface area contributed by atoms with Gasteiger partial charge < -0.3 is 15.4 Å². The van der Waals surface area contributed by atoms with E-state index in [1.54, 1.807) is 6.20 Å². The third-order valence-corrected chi connectivity index (χ3v) is 6.83. The van der Waals surface area contributed by atoms with Crippen LogP contribution in [0.1, 0.15) is 50.0 Å². The Hall–Kier alpha value is -3.18. The molecule has 1 fully saturated rings. The summed E-state index contributed by atoms with van der Waals surface area (Å²) in [4.78, 5) is 17.6. The fourth-order valence-corrected chi connectivity index (χ4v) is 4.89. The van der Waals surface area contributed by atoms with Crippen molar-refractivity contribution in [2.24, 2.45) is 11.8 Å². The van der Waals surface area contributed by atoms with Crippen molar-refractivity contribution in [2.45, 2.75) is 44.9 Å². The molecular formula is C28H33N3O2. The number of hydrogen-bond donors (Lipinski definition) is 2. The van der Waals surface area contributed by atoms with E-state index < -0.39 is 12.2 Å². The summed E-state index contributed by atoms with van der Waals surface area (Å²) < 4.78 is 6.17. The van der Waals surface area contributed by atoms with Gasteiger partial charge in [0, 0.05) is 29.7 Å². The second-order valence-electron chi connectivity index (χ2n) is 8.84. The number of nitrogens with one attached hydrogen (secondary N) is 2. The van der Waals surface area contributed by atoms with Crippen molar-refractivity contribution in [1.82, 2.24) is 15.6 Å². The number of fused-ring (bicyclic) bond motifs is 1. The molecule has 0 radical (unpaired) electrons. The number of amides is 1. The SMILES string of the molecule is C=C[C@H]1CN[C@@H]([C@@H](OC(=O)N[C@@H](C)c2ccccc2)c2ccnc3ccccc23)C[C@@H]1CC. The van der Waals surface area contributed by atoms with Gasteiger partial charge in [0.25, 0.3) is 0 Å². The van der Waals surface area contributed by atoms with E-state index in [0.717, 1.165) is 41.4 Å². The number of aromatic nitrogens is 1. The van der Waals surface area contributed by atoms with Crippen LogP contribution in [0.2, 0.25) is 0 Å². The zero-order chi connectivity index (χ0) is 23.2. The first-order chi connectivity index (χ1) is 16.1. The maximum atomic E-state index is 13.1. The van der Waals surface area contributed by atoms with Crippen molar-refractivity contribution in [1.29, 1.82) is 0 Å². The Morgan fingerprint density at radius 3 is 2.73 bits per heavy atom. The molecule has 0 bridgehead atoms. The Labute approximate surface area is 196 Å². The number of nitrogens with zero attached hydrogens (tertiary/aromatic N) is 1. The number of para-hydroxylation sites is 1. The van der Waals surface area contributed by atoms with Crippen molar-refractivity contribution < 1.29 is 9.53 Å². The van der Waals surface area contributed by atoms with E-state index in [-0.39, 0.29) is 12.1 Å². The molecule has 1 aliphatic rings. The molecule has 1 aromatic heterocycles. The number of benzene rings is 2. The Morgan fingerprint density at radius 2 is 1.97 bits per heavy atom. The van der Waals surface area contributed by atoms with Gasteiger partial charge in [-0.25, -0.2) is 4.79 Å². The summed E-state index contributed by atoms with van der Waals surface area (Å²) in [6.45, 7) is 9.03. The minimum absolute atomic E-state index is 0.00902. The summed E-state index contributed by atoms with van der Waals surface area (Å²) in [5.41, 5.74) is 2.91. The van der Waals surface area contributed by atoms with Gasteiger partial charge in [0.2, 0.25) is 0 Å². The molecule has 1 saturated heterocycles. The maximum Gasteiger partial charge on any atom is 0.408 e. The van der Waals surface area contributed by atoms with Crippen molar-refractivity contribution >= 4 is 17.0 Å². The number of pyridine rings is 1. The van der Waals surface area contributed by atoms with Gasteiger partial charge in [0.15, 0.2) is 0 Å². The molecule has 1 aliphatic heterocycles. The van der Waals surface area contributed by atoms with Gasteiger partial charge in [-0.1, -0.05) is 68.0 Å². The van der Waals surface area contributed by atoms with Crippen LogP contribution in [0.4, 0.5) is 4.79 Å². The lowest BCUT2D eigenvalue weighted by atomic mass is 9.79. The normalized spacial score (nSPS) is 22.3. The number of alkyl carbamates (subject to hydrolysis) is 1. The number of rotatable bonds is 7. The molecule has 2 aromatic carbocycles. The van der Waals surface area contributed by atoms with Crippen LogP contribution in [0.5, 0.6) is 0 Å². The molecule has 0 saturated carbocycles. The molecule has 4 rings (SSSR count). The Kier molecular flexibility index (Phi) is 7.40. The first-order valence-electron chi connectivity index (χ1n) is 11.8. The second-order valence-corrected chi connectivity index (χ2v) is 8.84. The maximum absolute atomic E-state index is 13.1. The van der Waals surface area contributed by atoms with Gasteiger partial charge in [-0.3, -0.25) is 4.98 Å². The first kappa shape index (κ1) is 23.0. The van der Waals surface area contributed by atoms with Gasteiger partial charge >= 0.3 is 6.09 Å². The lowest BCUT2D eigenvalue weighted by molar-refractivity contribution is 0.0511. The topological polar surface area (TPSA) is 63.2 Å². The summed E-state index contributed by atoms with van der Waals surface area (Å²) >= 11 is 0. The predicted octanol–water partition coefficient (Wildman–Crippen LogP) is 5.95. The van der Waals surface area contributed by atoms with Crippen LogP contribution < -0.4 is 10.6 Å². The second kappa shape index (κ2) is 10.6. The minimum Gasteiger partial charge on any atom is -0.440 e. The van der Waals surface area contributed by atoms with E-state index in [1.165, 1.54) is 0 Å². The summed E-state index contributed by atoms with van der Waals surface area (Å²) in [5, 5.41) is 7.66. The highest BCUT2D eigenvalue weighted by Gasteiger charge is 2.35. The van der Waals surface area contributed by atoms with E-state index in [9.17, 15) is 4.79 Å². The molecule has 2 heterocycles. The standard InChI is InChI=1S/C28H33N3O2/c1-4-20-17-26(30-18-21(20)5-2)27(24-15-16-29-25-14-10-9-13-23(24)25)33-28(32)31-19(3)22-11-7-6-8-12-22/h5-16,19-21,26-27,30H,2,4,17-18H2,1,3H3,(H,31,32)/t19-,20-,21-,26+,27-/m0/s1. The molecular weight excluding hydrogens is 410 g/mol. The first-order valence-corrected chi connectivity index (χ1v) is 11.8. The van der Waals surface area contributed by atoms with Crippen LogP contribution in [0.15, 0.2) is 79.5 Å². The van der Waals surface area contributed by atoms with Crippen LogP contribution >= 0.6 is 0 Å². The fourth-order valence-electron chi connectivity index (χ4n) is 4.89. The molecule has 2 N–H and O–H groups in total. The molecule has 0 aliphatic carbocycles. The van der Waals surface area contributed by atoms with Gasteiger partial charge in [-0.05, 0) is 42.9 Å². The lowest BCUT2D eigenvalue weighted by Crippen LogP contribution is -2.48. The van der Waals surface area contributed by atoms with Gasteiger partial charge in [-0.15, -0.1) is 6.58 Å². The van der Waals surface area contributed by atoms with Crippen LogP contribution in [0, 0.1) is 11.8 Å². The number of carbonyl (C=O) groups excluding carboxylic acids is 1. The molecule has 0 spiro atoms. The number of piperidine rings is 1. The van der Waals surface area contributed by atoms with E-state index in [4.69, 9.17) is 4.74 Å². The fraction of sp³-hybridized carbons (Fsp3) is 0.357.